The average Bonchev–Trinajstić information content (AvgIpc) is 2.44. The monoisotopic (exact) mass is 305 g/mol. The van der Waals surface area contributed by atoms with E-state index < -0.39 is 0 Å². The Labute approximate surface area is 128 Å². The Bertz CT molecular complexity index is 626. The maximum Gasteiger partial charge on any atom is 0.258 e. The molecule has 0 aliphatic rings. The molecule has 1 heterocycles. The van der Waals surface area contributed by atoms with Crippen molar-refractivity contribution in [3.05, 3.63) is 46.7 Å². The Kier molecular flexibility index (Phi) is 5.11. The number of hydrogen-bond donors (Lipinski definition) is 1. The maximum absolute atomic E-state index is 12.2. The molecular formula is C15H16ClN3O2. The molecule has 0 unspecified atom stereocenters. The quantitative estimate of drug-likeness (QED) is 0.859. The molecule has 2 rings (SSSR count). The fourth-order valence-electron chi connectivity index (χ4n) is 1.71. The first kappa shape index (κ1) is 15.3. The van der Waals surface area contributed by atoms with Gasteiger partial charge in [-0.05, 0) is 37.6 Å². The lowest BCUT2D eigenvalue weighted by Gasteiger charge is -2.08. The highest BCUT2D eigenvalue weighted by atomic mass is 35.5. The molecule has 2 aromatic rings. The first-order valence-electron chi connectivity index (χ1n) is 6.64. The molecule has 0 aliphatic heterocycles. The summed E-state index contributed by atoms with van der Waals surface area (Å²) in [6.45, 7) is 4.42. The molecule has 5 nitrogen and oxygen atoms in total. The summed E-state index contributed by atoms with van der Waals surface area (Å²) < 4.78 is 5.50. The topological polar surface area (TPSA) is 64.1 Å². The van der Waals surface area contributed by atoms with Gasteiger partial charge < -0.3 is 4.74 Å². The summed E-state index contributed by atoms with van der Waals surface area (Å²) in [4.78, 5) is 20.2. The minimum atomic E-state index is -0.307. The summed E-state index contributed by atoms with van der Waals surface area (Å²) in [5.74, 6) is 0.538. The lowest BCUT2D eigenvalue weighted by molar-refractivity contribution is 0.102. The van der Waals surface area contributed by atoms with Crippen LogP contribution in [0.3, 0.4) is 0 Å². The van der Waals surface area contributed by atoms with Crippen molar-refractivity contribution >= 4 is 23.5 Å². The van der Waals surface area contributed by atoms with Crippen LogP contribution in [0.5, 0.6) is 5.75 Å². The van der Waals surface area contributed by atoms with Gasteiger partial charge >= 0.3 is 0 Å². The molecule has 1 aromatic heterocycles. The van der Waals surface area contributed by atoms with Crippen molar-refractivity contribution in [2.45, 2.75) is 20.3 Å². The van der Waals surface area contributed by atoms with Crippen LogP contribution >= 0.6 is 11.6 Å². The molecule has 0 spiro atoms. The Balaban J connectivity index is 2.12. The van der Waals surface area contributed by atoms with Crippen LogP contribution in [0.25, 0.3) is 0 Å². The molecule has 21 heavy (non-hydrogen) atoms. The van der Waals surface area contributed by atoms with E-state index in [1.54, 1.807) is 31.2 Å². The SMILES string of the molecule is CCCOc1cccc(C(=O)Nc2nc(C)cc(Cl)n2)c1. The number of hydrogen-bond acceptors (Lipinski definition) is 4. The van der Waals surface area contributed by atoms with Gasteiger partial charge in [-0.2, -0.15) is 0 Å². The first-order valence-corrected chi connectivity index (χ1v) is 7.01. The number of amides is 1. The third kappa shape index (κ3) is 4.43. The summed E-state index contributed by atoms with van der Waals surface area (Å²) in [6.07, 6.45) is 0.909. The minimum Gasteiger partial charge on any atom is -0.494 e. The van der Waals surface area contributed by atoms with Gasteiger partial charge in [-0.15, -0.1) is 0 Å². The molecule has 0 fully saturated rings. The number of carbonyl (C=O) groups excluding carboxylic acids is 1. The van der Waals surface area contributed by atoms with Gasteiger partial charge in [0, 0.05) is 11.3 Å². The van der Waals surface area contributed by atoms with Gasteiger partial charge in [0.2, 0.25) is 5.95 Å². The minimum absolute atomic E-state index is 0.185. The van der Waals surface area contributed by atoms with E-state index in [1.165, 1.54) is 0 Å². The molecule has 1 N–H and O–H groups in total. The standard InChI is InChI=1S/C15H16ClN3O2/c1-3-7-21-12-6-4-5-11(9-12)14(20)19-15-17-10(2)8-13(16)18-15/h4-6,8-9H,3,7H2,1-2H3,(H,17,18,19,20). The molecule has 1 amide bonds. The van der Waals surface area contributed by atoms with E-state index in [9.17, 15) is 4.79 Å². The van der Waals surface area contributed by atoms with Crippen molar-refractivity contribution in [1.29, 1.82) is 0 Å². The van der Waals surface area contributed by atoms with Crippen molar-refractivity contribution in [3.8, 4) is 5.75 Å². The van der Waals surface area contributed by atoms with Crippen LogP contribution in [-0.4, -0.2) is 22.5 Å². The number of rotatable bonds is 5. The third-order valence-corrected chi connectivity index (χ3v) is 2.81. The van der Waals surface area contributed by atoms with Crippen molar-refractivity contribution in [1.82, 2.24) is 9.97 Å². The smallest absolute Gasteiger partial charge is 0.258 e. The first-order chi connectivity index (χ1) is 10.1. The number of aryl methyl sites for hydroxylation is 1. The zero-order chi connectivity index (χ0) is 15.2. The van der Waals surface area contributed by atoms with E-state index in [-0.39, 0.29) is 17.0 Å². The third-order valence-electron chi connectivity index (χ3n) is 2.62. The van der Waals surface area contributed by atoms with Crippen molar-refractivity contribution < 1.29 is 9.53 Å². The predicted octanol–water partition coefficient (Wildman–Crippen LogP) is 3.48. The Morgan fingerprint density at radius 2 is 2.14 bits per heavy atom. The highest BCUT2D eigenvalue weighted by molar-refractivity contribution is 6.29. The van der Waals surface area contributed by atoms with Gasteiger partial charge in [-0.3, -0.25) is 10.1 Å². The van der Waals surface area contributed by atoms with Crippen LogP contribution in [-0.2, 0) is 0 Å². The van der Waals surface area contributed by atoms with Gasteiger partial charge in [0.05, 0.1) is 6.61 Å². The second kappa shape index (κ2) is 7.04. The fourth-order valence-corrected chi connectivity index (χ4v) is 1.94. The second-order valence-corrected chi connectivity index (χ2v) is 4.87. The van der Waals surface area contributed by atoms with Crippen LogP contribution in [0, 0.1) is 6.92 Å². The summed E-state index contributed by atoms with van der Waals surface area (Å²) >= 11 is 5.84. The van der Waals surface area contributed by atoms with Crippen LogP contribution in [0.15, 0.2) is 30.3 Å². The number of nitrogens with zero attached hydrogens (tertiary/aromatic N) is 2. The Morgan fingerprint density at radius 3 is 2.86 bits per heavy atom. The number of anilines is 1. The normalized spacial score (nSPS) is 10.2. The number of ether oxygens (including phenoxy) is 1. The van der Waals surface area contributed by atoms with Crippen molar-refractivity contribution in [3.63, 3.8) is 0 Å². The van der Waals surface area contributed by atoms with Crippen LogP contribution < -0.4 is 10.1 Å². The van der Waals surface area contributed by atoms with E-state index in [1.807, 2.05) is 13.0 Å². The summed E-state index contributed by atoms with van der Waals surface area (Å²) in [5, 5.41) is 2.91. The van der Waals surface area contributed by atoms with Crippen LogP contribution in [0.4, 0.5) is 5.95 Å². The molecule has 0 saturated carbocycles. The van der Waals surface area contributed by atoms with Crippen LogP contribution in [0.1, 0.15) is 29.4 Å². The number of carbonyl (C=O) groups is 1. The van der Waals surface area contributed by atoms with Gasteiger partial charge in [-0.25, -0.2) is 9.97 Å². The molecule has 0 bridgehead atoms. The van der Waals surface area contributed by atoms with E-state index in [0.717, 1.165) is 6.42 Å². The lowest BCUT2D eigenvalue weighted by Crippen LogP contribution is -2.14. The summed E-state index contributed by atoms with van der Waals surface area (Å²) in [6, 6.07) is 8.58. The summed E-state index contributed by atoms with van der Waals surface area (Å²) in [5.41, 5.74) is 1.16. The van der Waals surface area contributed by atoms with E-state index >= 15 is 0 Å². The molecular weight excluding hydrogens is 290 g/mol. The highest BCUT2D eigenvalue weighted by Gasteiger charge is 2.10. The maximum atomic E-state index is 12.2. The van der Waals surface area contributed by atoms with Gasteiger partial charge in [0.25, 0.3) is 5.91 Å². The summed E-state index contributed by atoms with van der Waals surface area (Å²) in [7, 11) is 0. The van der Waals surface area contributed by atoms with E-state index in [4.69, 9.17) is 16.3 Å². The van der Waals surface area contributed by atoms with E-state index in [0.29, 0.717) is 23.6 Å². The Morgan fingerprint density at radius 1 is 1.33 bits per heavy atom. The lowest BCUT2D eigenvalue weighted by atomic mass is 10.2. The van der Waals surface area contributed by atoms with Crippen molar-refractivity contribution in [2.75, 3.05) is 11.9 Å². The molecule has 110 valence electrons. The molecule has 6 heteroatoms. The molecule has 0 radical (unpaired) electrons. The molecule has 0 saturated heterocycles. The fraction of sp³-hybridized carbons (Fsp3) is 0.267. The van der Waals surface area contributed by atoms with Gasteiger partial charge in [-0.1, -0.05) is 24.6 Å². The number of aromatic nitrogens is 2. The van der Waals surface area contributed by atoms with Crippen LogP contribution in [0.2, 0.25) is 5.15 Å². The second-order valence-electron chi connectivity index (χ2n) is 4.49. The zero-order valence-corrected chi connectivity index (χ0v) is 12.6. The van der Waals surface area contributed by atoms with Crippen molar-refractivity contribution in [2.24, 2.45) is 0 Å². The average molecular weight is 306 g/mol. The number of halogens is 1. The predicted molar refractivity (Wildman–Crippen MR) is 82.0 cm³/mol. The highest BCUT2D eigenvalue weighted by Crippen LogP contribution is 2.15. The number of benzene rings is 1. The largest absolute Gasteiger partial charge is 0.494 e. The molecule has 0 atom stereocenters. The van der Waals surface area contributed by atoms with Gasteiger partial charge in [0.1, 0.15) is 10.9 Å². The zero-order valence-electron chi connectivity index (χ0n) is 11.9. The van der Waals surface area contributed by atoms with Gasteiger partial charge in [0.15, 0.2) is 0 Å². The Hall–Kier alpha value is -2.14. The molecule has 1 aromatic carbocycles. The number of nitrogens with one attached hydrogen (secondary N) is 1. The van der Waals surface area contributed by atoms with E-state index in [2.05, 4.69) is 15.3 Å². The molecule has 0 aliphatic carbocycles.